The Hall–Kier alpha value is -2.47. The summed E-state index contributed by atoms with van der Waals surface area (Å²) in [5.41, 5.74) is 2.92. The van der Waals surface area contributed by atoms with Gasteiger partial charge in [-0.25, -0.2) is 4.98 Å². The van der Waals surface area contributed by atoms with Crippen molar-refractivity contribution in [3.63, 3.8) is 0 Å². The van der Waals surface area contributed by atoms with E-state index in [-0.39, 0.29) is 5.91 Å². The van der Waals surface area contributed by atoms with E-state index < -0.39 is 0 Å². The third-order valence-corrected chi connectivity index (χ3v) is 5.65. The molecule has 2 aromatic heterocycles. The normalized spacial score (nSPS) is 14.9. The number of pyridine rings is 1. The van der Waals surface area contributed by atoms with Gasteiger partial charge in [0.15, 0.2) is 5.13 Å². The van der Waals surface area contributed by atoms with Crippen LogP contribution < -0.4 is 4.90 Å². The van der Waals surface area contributed by atoms with Gasteiger partial charge in [-0.15, -0.1) is 0 Å². The fraction of sp³-hybridized carbons (Fsp3) is 0.316. The number of aromatic nitrogens is 2. The van der Waals surface area contributed by atoms with Crippen LogP contribution in [-0.2, 0) is 6.42 Å². The Kier molecular flexibility index (Phi) is 4.36. The number of hydrogen-bond acceptors (Lipinski definition) is 5. The van der Waals surface area contributed by atoms with Crippen LogP contribution in [0.4, 0.5) is 5.13 Å². The zero-order valence-corrected chi connectivity index (χ0v) is 15.0. The first-order valence-corrected chi connectivity index (χ1v) is 9.41. The van der Waals surface area contributed by atoms with Crippen molar-refractivity contribution < 1.29 is 4.79 Å². The highest BCUT2D eigenvalue weighted by Crippen LogP contribution is 2.30. The van der Waals surface area contributed by atoms with Crippen LogP contribution in [-0.4, -0.2) is 47.0 Å². The summed E-state index contributed by atoms with van der Waals surface area (Å²) in [4.78, 5) is 25.6. The number of piperazine rings is 1. The number of thiazole rings is 1. The molecule has 5 nitrogen and oxygen atoms in total. The van der Waals surface area contributed by atoms with Crippen molar-refractivity contribution in [2.24, 2.45) is 0 Å². The number of fused-ring (bicyclic) bond motifs is 1. The van der Waals surface area contributed by atoms with Crippen molar-refractivity contribution >= 4 is 32.6 Å². The van der Waals surface area contributed by atoms with E-state index in [1.807, 2.05) is 17.0 Å². The number of carbonyl (C=O) groups excluding carboxylic acids is 1. The van der Waals surface area contributed by atoms with Gasteiger partial charge in [-0.2, -0.15) is 0 Å². The van der Waals surface area contributed by atoms with Gasteiger partial charge >= 0.3 is 0 Å². The molecule has 0 bridgehead atoms. The van der Waals surface area contributed by atoms with Gasteiger partial charge in [-0.1, -0.05) is 30.4 Å². The van der Waals surface area contributed by atoms with Gasteiger partial charge in [0.2, 0.25) is 0 Å². The first kappa shape index (κ1) is 16.0. The van der Waals surface area contributed by atoms with Crippen LogP contribution in [0.1, 0.15) is 23.0 Å². The minimum absolute atomic E-state index is 0.0112. The van der Waals surface area contributed by atoms with Crippen LogP contribution in [0.3, 0.4) is 0 Å². The maximum Gasteiger partial charge on any atom is 0.272 e. The second-order valence-corrected chi connectivity index (χ2v) is 7.16. The fourth-order valence-electron chi connectivity index (χ4n) is 3.06. The summed E-state index contributed by atoms with van der Waals surface area (Å²) in [7, 11) is 0. The lowest BCUT2D eigenvalue weighted by Crippen LogP contribution is -2.49. The molecule has 25 heavy (non-hydrogen) atoms. The minimum Gasteiger partial charge on any atom is -0.345 e. The highest BCUT2D eigenvalue weighted by Gasteiger charge is 2.24. The van der Waals surface area contributed by atoms with Crippen molar-refractivity contribution in [1.82, 2.24) is 14.9 Å². The Bertz CT molecular complexity index is 885. The maximum absolute atomic E-state index is 12.5. The number of nitrogens with zero attached hydrogens (tertiary/aromatic N) is 4. The van der Waals surface area contributed by atoms with Crippen LogP contribution in [0.5, 0.6) is 0 Å². The molecule has 0 spiro atoms. The standard InChI is InChI=1S/C19H20N4OS/c1-2-14-6-7-15-17(13-14)25-19(21-15)23-11-9-22(10-12-23)18(24)16-5-3-4-8-20-16/h3-8,13H,2,9-12H2,1H3. The maximum atomic E-state index is 12.5. The van der Waals surface area contributed by atoms with Crippen LogP contribution >= 0.6 is 11.3 Å². The molecule has 0 aliphatic carbocycles. The van der Waals surface area contributed by atoms with E-state index in [1.54, 1.807) is 23.6 Å². The van der Waals surface area contributed by atoms with Gasteiger partial charge in [0, 0.05) is 32.4 Å². The van der Waals surface area contributed by atoms with E-state index in [0.717, 1.165) is 30.2 Å². The SMILES string of the molecule is CCc1ccc2nc(N3CCN(C(=O)c4ccccn4)CC3)sc2c1. The van der Waals surface area contributed by atoms with Crippen molar-refractivity contribution in [3.8, 4) is 0 Å². The molecule has 1 aliphatic rings. The lowest BCUT2D eigenvalue weighted by Gasteiger charge is -2.34. The number of rotatable bonds is 3. The van der Waals surface area contributed by atoms with Crippen molar-refractivity contribution in [2.45, 2.75) is 13.3 Å². The average Bonchev–Trinajstić information content (AvgIpc) is 3.11. The molecule has 4 rings (SSSR count). The second kappa shape index (κ2) is 6.80. The first-order valence-electron chi connectivity index (χ1n) is 8.59. The summed E-state index contributed by atoms with van der Waals surface area (Å²) in [6.45, 7) is 5.18. The average molecular weight is 352 g/mol. The summed E-state index contributed by atoms with van der Waals surface area (Å²) >= 11 is 1.74. The van der Waals surface area contributed by atoms with E-state index in [0.29, 0.717) is 18.8 Å². The minimum atomic E-state index is 0.0112. The third-order valence-electron chi connectivity index (χ3n) is 4.57. The second-order valence-electron chi connectivity index (χ2n) is 6.15. The molecule has 3 heterocycles. The Balaban J connectivity index is 1.46. The number of benzene rings is 1. The zero-order valence-electron chi connectivity index (χ0n) is 14.2. The van der Waals surface area contributed by atoms with Gasteiger partial charge in [0.1, 0.15) is 5.69 Å². The lowest BCUT2D eigenvalue weighted by atomic mass is 10.2. The monoisotopic (exact) mass is 352 g/mol. The van der Waals surface area contributed by atoms with Crippen molar-refractivity contribution in [2.75, 3.05) is 31.1 Å². The quantitative estimate of drug-likeness (QED) is 0.726. The Labute approximate surface area is 150 Å². The van der Waals surface area contributed by atoms with Crippen LogP contribution in [0, 0.1) is 0 Å². The molecule has 0 unspecified atom stereocenters. The van der Waals surface area contributed by atoms with Crippen LogP contribution in [0.2, 0.25) is 0 Å². The topological polar surface area (TPSA) is 49.3 Å². The summed E-state index contributed by atoms with van der Waals surface area (Å²) in [5.74, 6) is 0.0112. The van der Waals surface area contributed by atoms with Crippen LogP contribution in [0.25, 0.3) is 10.2 Å². The van der Waals surface area contributed by atoms with E-state index in [2.05, 4.69) is 35.0 Å². The molecule has 0 atom stereocenters. The molecule has 0 N–H and O–H groups in total. The van der Waals surface area contributed by atoms with E-state index in [1.165, 1.54) is 10.3 Å². The predicted octanol–water partition coefficient (Wildman–Crippen LogP) is 3.22. The molecule has 1 aromatic carbocycles. The van der Waals surface area contributed by atoms with E-state index >= 15 is 0 Å². The zero-order chi connectivity index (χ0) is 17.2. The molecule has 0 radical (unpaired) electrons. The summed E-state index contributed by atoms with van der Waals surface area (Å²) < 4.78 is 1.24. The van der Waals surface area contributed by atoms with E-state index in [9.17, 15) is 4.79 Å². The van der Waals surface area contributed by atoms with Crippen LogP contribution in [0.15, 0.2) is 42.6 Å². The molecule has 1 fully saturated rings. The molecule has 1 aliphatic heterocycles. The Morgan fingerprint density at radius 3 is 2.72 bits per heavy atom. The van der Waals surface area contributed by atoms with Gasteiger partial charge in [-0.05, 0) is 36.2 Å². The van der Waals surface area contributed by atoms with Crippen molar-refractivity contribution in [3.05, 3.63) is 53.9 Å². The predicted molar refractivity (Wildman–Crippen MR) is 101 cm³/mol. The van der Waals surface area contributed by atoms with E-state index in [4.69, 9.17) is 4.98 Å². The Morgan fingerprint density at radius 2 is 2.00 bits per heavy atom. The fourth-order valence-corrected chi connectivity index (χ4v) is 4.15. The van der Waals surface area contributed by atoms with Gasteiger partial charge < -0.3 is 9.80 Å². The molecule has 0 saturated carbocycles. The lowest BCUT2D eigenvalue weighted by molar-refractivity contribution is 0.0741. The molecule has 1 amide bonds. The largest absolute Gasteiger partial charge is 0.345 e. The number of amides is 1. The molecule has 128 valence electrons. The number of hydrogen-bond donors (Lipinski definition) is 0. The molecule has 6 heteroatoms. The number of aryl methyl sites for hydroxylation is 1. The molecular weight excluding hydrogens is 332 g/mol. The molecule has 3 aromatic rings. The summed E-state index contributed by atoms with van der Waals surface area (Å²) in [6, 6.07) is 11.9. The van der Waals surface area contributed by atoms with Gasteiger partial charge in [-0.3, -0.25) is 9.78 Å². The van der Waals surface area contributed by atoms with Gasteiger partial charge in [0.25, 0.3) is 5.91 Å². The Morgan fingerprint density at radius 1 is 1.16 bits per heavy atom. The molecule has 1 saturated heterocycles. The summed E-state index contributed by atoms with van der Waals surface area (Å²) in [6.07, 6.45) is 2.70. The van der Waals surface area contributed by atoms with Gasteiger partial charge in [0.05, 0.1) is 10.2 Å². The smallest absolute Gasteiger partial charge is 0.272 e. The molecular formula is C19H20N4OS. The third kappa shape index (κ3) is 3.22. The highest BCUT2D eigenvalue weighted by atomic mass is 32.1. The number of carbonyl (C=O) groups is 1. The number of anilines is 1. The first-order chi connectivity index (χ1) is 12.2. The van der Waals surface area contributed by atoms with Crippen molar-refractivity contribution in [1.29, 1.82) is 0 Å². The highest BCUT2D eigenvalue weighted by molar-refractivity contribution is 7.22. The summed E-state index contributed by atoms with van der Waals surface area (Å²) in [5, 5.41) is 1.05.